The molecule has 0 bridgehead atoms. The Morgan fingerprint density at radius 3 is 2.50 bits per heavy atom. The summed E-state index contributed by atoms with van der Waals surface area (Å²) in [5.41, 5.74) is 3.98. The fraction of sp³-hybridized carbons (Fsp3) is 0.250. The number of aromatic nitrogens is 3. The molecule has 0 saturated heterocycles. The van der Waals surface area contributed by atoms with Crippen LogP contribution < -0.4 is 5.32 Å². The lowest BCUT2D eigenvalue weighted by Gasteiger charge is -2.12. The van der Waals surface area contributed by atoms with E-state index in [9.17, 15) is 8.78 Å². The molecule has 2 aromatic heterocycles. The van der Waals surface area contributed by atoms with Crippen molar-refractivity contribution in [3.8, 4) is 0 Å². The van der Waals surface area contributed by atoms with Gasteiger partial charge < -0.3 is 5.32 Å². The number of anilines is 2. The third-order valence-corrected chi connectivity index (χ3v) is 3.77. The Bertz CT molecular complexity index is 884. The number of aryl methyl sites for hydroxylation is 3. The molecule has 3 aromatic rings. The van der Waals surface area contributed by atoms with Crippen LogP contribution in [0.3, 0.4) is 0 Å². The first kappa shape index (κ1) is 14.4. The molecular formula is C16H16F2N4. The standard InChI is InChI=1S/C16H16F2N4/c1-8-7-13(20-15-9(2)21-22(4)10(15)3)11-5-6-12(17)14(18)16(11)19-8/h5-7H,1-4H3,(H,19,20). The summed E-state index contributed by atoms with van der Waals surface area (Å²) in [6.45, 7) is 5.59. The summed E-state index contributed by atoms with van der Waals surface area (Å²) >= 11 is 0. The lowest BCUT2D eigenvalue weighted by molar-refractivity contribution is 0.515. The molecule has 1 aromatic carbocycles. The lowest BCUT2D eigenvalue weighted by atomic mass is 10.1. The number of benzene rings is 1. The molecule has 0 spiro atoms. The summed E-state index contributed by atoms with van der Waals surface area (Å²) in [7, 11) is 1.86. The van der Waals surface area contributed by atoms with Gasteiger partial charge in [0.05, 0.1) is 17.1 Å². The van der Waals surface area contributed by atoms with E-state index >= 15 is 0 Å². The van der Waals surface area contributed by atoms with Crippen molar-refractivity contribution in [2.45, 2.75) is 20.8 Å². The molecule has 22 heavy (non-hydrogen) atoms. The maximum Gasteiger partial charge on any atom is 0.185 e. The second kappa shape index (κ2) is 5.05. The number of nitrogens with zero attached hydrogens (tertiary/aromatic N) is 3. The number of nitrogens with one attached hydrogen (secondary N) is 1. The van der Waals surface area contributed by atoms with Crippen molar-refractivity contribution in [1.82, 2.24) is 14.8 Å². The van der Waals surface area contributed by atoms with E-state index in [-0.39, 0.29) is 5.52 Å². The van der Waals surface area contributed by atoms with Gasteiger partial charge >= 0.3 is 0 Å². The van der Waals surface area contributed by atoms with Crippen molar-refractivity contribution in [3.63, 3.8) is 0 Å². The lowest BCUT2D eigenvalue weighted by Crippen LogP contribution is -1.99. The van der Waals surface area contributed by atoms with Gasteiger partial charge in [-0.25, -0.2) is 13.8 Å². The second-order valence-corrected chi connectivity index (χ2v) is 5.36. The Kier molecular flexibility index (Phi) is 3.31. The Hall–Kier alpha value is -2.50. The number of halogens is 2. The minimum atomic E-state index is -0.927. The highest BCUT2D eigenvalue weighted by molar-refractivity contribution is 5.94. The Labute approximate surface area is 126 Å². The number of hydrogen-bond acceptors (Lipinski definition) is 3. The molecule has 114 valence electrons. The topological polar surface area (TPSA) is 42.7 Å². The molecule has 0 aliphatic carbocycles. The van der Waals surface area contributed by atoms with Crippen molar-refractivity contribution >= 4 is 22.3 Å². The summed E-state index contributed by atoms with van der Waals surface area (Å²) in [5, 5.41) is 8.16. The van der Waals surface area contributed by atoms with Crippen LogP contribution in [0, 0.1) is 32.4 Å². The minimum Gasteiger partial charge on any atom is -0.352 e. The van der Waals surface area contributed by atoms with Gasteiger partial charge in [-0.2, -0.15) is 5.10 Å². The Balaban J connectivity index is 2.21. The maximum atomic E-state index is 14.0. The minimum absolute atomic E-state index is 0.0293. The molecule has 0 aliphatic rings. The highest BCUT2D eigenvalue weighted by Gasteiger charge is 2.15. The SMILES string of the molecule is Cc1cc(Nc2c(C)nn(C)c2C)c2ccc(F)c(F)c2n1. The molecule has 0 aliphatic heterocycles. The highest BCUT2D eigenvalue weighted by Crippen LogP contribution is 2.31. The zero-order valence-corrected chi connectivity index (χ0v) is 12.8. The molecule has 4 nitrogen and oxygen atoms in total. The van der Waals surface area contributed by atoms with Gasteiger partial charge in [-0.15, -0.1) is 0 Å². The summed E-state index contributed by atoms with van der Waals surface area (Å²) in [6.07, 6.45) is 0. The van der Waals surface area contributed by atoms with E-state index in [1.54, 1.807) is 11.6 Å². The number of pyridine rings is 1. The van der Waals surface area contributed by atoms with Crippen LogP contribution in [0.15, 0.2) is 18.2 Å². The Morgan fingerprint density at radius 2 is 1.86 bits per heavy atom. The first-order valence-electron chi connectivity index (χ1n) is 6.91. The molecule has 0 fully saturated rings. The van der Waals surface area contributed by atoms with Crippen LogP contribution in [-0.4, -0.2) is 14.8 Å². The van der Waals surface area contributed by atoms with Gasteiger partial charge in [0.1, 0.15) is 5.52 Å². The molecule has 3 rings (SSSR count). The van der Waals surface area contributed by atoms with Crippen molar-refractivity contribution in [1.29, 1.82) is 0 Å². The van der Waals surface area contributed by atoms with Gasteiger partial charge in [-0.05, 0) is 39.0 Å². The van der Waals surface area contributed by atoms with Gasteiger partial charge in [-0.1, -0.05) is 0 Å². The first-order chi connectivity index (χ1) is 10.4. The van der Waals surface area contributed by atoms with Crippen LogP contribution in [0.25, 0.3) is 10.9 Å². The van der Waals surface area contributed by atoms with E-state index in [1.807, 2.05) is 27.0 Å². The quantitative estimate of drug-likeness (QED) is 0.780. The largest absolute Gasteiger partial charge is 0.352 e. The zero-order valence-electron chi connectivity index (χ0n) is 12.8. The first-order valence-corrected chi connectivity index (χ1v) is 6.91. The molecule has 2 heterocycles. The molecule has 0 atom stereocenters. The summed E-state index contributed by atoms with van der Waals surface area (Å²) in [6, 6.07) is 4.46. The number of hydrogen-bond donors (Lipinski definition) is 1. The molecule has 0 saturated carbocycles. The number of fused-ring (bicyclic) bond motifs is 1. The van der Waals surface area contributed by atoms with Gasteiger partial charge in [0.15, 0.2) is 11.6 Å². The summed E-state index contributed by atoms with van der Waals surface area (Å²) < 4.78 is 29.2. The fourth-order valence-electron chi connectivity index (χ4n) is 2.55. The molecular weight excluding hydrogens is 286 g/mol. The average molecular weight is 302 g/mol. The van der Waals surface area contributed by atoms with Crippen molar-refractivity contribution in [2.75, 3.05) is 5.32 Å². The van der Waals surface area contributed by atoms with Crippen molar-refractivity contribution in [2.24, 2.45) is 7.05 Å². The van der Waals surface area contributed by atoms with Gasteiger partial charge in [0, 0.05) is 23.8 Å². The van der Waals surface area contributed by atoms with Crippen molar-refractivity contribution < 1.29 is 8.78 Å². The van der Waals surface area contributed by atoms with E-state index in [0.717, 1.165) is 23.1 Å². The van der Waals surface area contributed by atoms with Gasteiger partial charge in [0.2, 0.25) is 0 Å². The third-order valence-electron chi connectivity index (χ3n) is 3.77. The molecule has 0 amide bonds. The van der Waals surface area contributed by atoms with Gasteiger partial charge in [0.25, 0.3) is 0 Å². The summed E-state index contributed by atoms with van der Waals surface area (Å²) in [5.74, 6) is -1.82. The predicted octanol–water partition coefficient (Wildman–Crippen LogP) is 3.92. The van der Waals surface area contributed by atoms with E-state index in [2.05, 4.69) is 15.4 Å². The average Bonchev–Trinajstić information content (AvgIpc) is 2.70. The maximum absolute atomic E-state index is 14.0. The second-order valence-electron chi connectivity index (χ2n) is 5.36. The predicted molar refractivity (Wildman–Crippen MR) is 82.4 cm³/mol. The molecule has 0 radical (unpaired) electrons. The molecule has 0 unspecified atom stereocenters. The summed E-state index contributed by atoms with van der Waals surface area (Å²) in [4.78, 5) is 4.11. The zero-order chi connectivity index (χ0) is 16.0. The molecule has 6 heteroatoms. The van der Waals surface area contributed by atoms with Crippen LogP contribution in [0.1, 0.15) is 17.1 Å². The van der Waals surface area contributed by atoms with E-state index in [1.165, 1.54) is 6.07 Å². The number of rotatable bonds is 2. The highest BCUT2D eigenvalue weighted by atomic mass is 19.2. The van der Waals surface area contributed by atoms with Crippen LogP contribution in [0.4, 0.5) is 20.2 Å². The fourth-order valence-corrected chi connectivity index (χ4v) is 2.55. The van der Waals surface area contributed by atoms with Crippen LogP contribution >= 0.6 is 0 Å². The van der Waals surface area contributed by atoms with Crippen LogP contribution in [-0.2, 0) is 7.05 Å². The van der Waals surface area contributed by atoms with E-state index in [0.29, 0.717) is 16.8 Å². The van der Waals surface area contributed by atoms with Gasteiger partial charge in [-0.3, -0.25) is 4.68 Å². The monoisotopic (exact) mass is 302 g/mol. The molecule has 1 N–H and O–H groups in total. The van der Waals surface area contributed by atoms with E-state index in [4.69, 9.17) is 0 Å². The van der Waals surface area contributed by atoms with E-state index < -0.39 is 11.6 Å². The smallest absolute Gasteiger partial charge is 0.185 e. The van der Waals surface area contributed by atoms with Crippen LogP contribution in [0.2, 0.25) is 0 Å². The normalized spacial score (nSPS) is 11.2. The van der Waals surface area contributed by atoms with Crippen LogP contribution in [0.5, 0.6) is 0 Å². The third kappa shape index (κ3) is 2.20. The van der Waals surface area contributed by atoms with Crippen molar-refractivity contribution in [3.05, 3.63) is 46.9 Å². The Morgan fingerprint density at radius 1 is 1.14 bits per heavy atom.